The van der Waals surface area contributed by atoms with Gasteiger partial charge in [0.2, 0.25) is 5.95 Å². The summed E-state index contributed by atoms with van der Waals surface area (Å²) in [7, 11) is 0. The smallest absolute Gasteiger partial charge is 0.224 e. The molecule has 0 atom stereocenters. The van der Waals surface area contributed by atoms with Crippen molar-refractivity contribution in [2.45, 2.75) is 40.5 Å². The molecule has 1 heterocycles. The van der Waals surface area contributed by atoms with Gasteiger partial charge in [-0.3, -0.25) is 0 Å². The van der Waals surface area contributed by atoms with Crippen molar-refractivity contribution in [1.82, 2.24) is 9.97 Å². The summed E-state index contributed by atoms with van der Waals surface area (Å²) in [5.41, 5.74) is 2.01. The molecule has 0 aliphatic carbocycles. The van der Waals surface area contributed by atoms with Gasteiger partial charge in [0.25, 0.3) is 0 Å². The van der Waals surface area contributed by atoms with E-state index < -0.39 is 0 Å². The summed E-state index contributed by atoms with van der Waals surface area (Å²) in [6.45, 7) is 9.31. The van der Waals surface area contributed by atoms with Crippen LogP contribution in [-0.2, 0) is 6.42 Å². The Balaban J connectivity index is 2.68. The van der Waals surface area contributed by atoms with Crippen molar-refractivity contribution in [3.05, 3.63) is 16.4 Å². The van der Waals surface area contributed by atoms with Gasteiger partial charge in [-0.2, -0.15) is 0 Å². The van der Waals surface area contributed by atoms with Crippen LogP contribution in [0.3, 0.4) is 0 Å². The van der Waals surface area contributed by atoms with Crippen molar-refractivity contribution < 1.29 is 0 Å². The van der Waals surface area contributed by atoms with E-state index in [0.717, 1.165) is 30.6 Å². The van der Waals surface area contributed by atoms with Crippen LogP contribution >= 0.6 is 11.6 Å². The van der Waals surface area contributed by atoms with Crippen LogP contribution in [0.5, 0.6) is 0 Å². The molecule has 0 aliphatic heterocycles. The van der Waals surface area contributed by atoms with Gasteiger partial charge in [-0.1, -0.05) is 32.4 Å². The molecule has 0 aliphatic rings. The normalized spacial score (nSPS) is 10.9. The number of hydrogen-bond acceptors (Lipinski definition) is 3. The van der Waals surface area contributed by atoms with Crippen molar-refractivity contribution >= 4 is 17.5 Å². The second kappa shape index (κ2) is 6.04. The van der Waals surface area contributed by atoms with Crippen LogP contribution in [-0.4, -0.2) is 16.5 Å². The van der Waals surface area contributed by atoms with E-state index >= 15 is 0 Å². The highest BCUT2D eigenvalue weighted by Crippen LogP contribution is 2.18. The lowest BCUT2D eigenvalue weighted by Gasteiger charge is -2.10. The van der Waals surface area contributed by atoms with Gasteiger partial charge in [-0.25, -0.2) is 9.97 Å². The standard InChI is InChI=1S/C12H20ClN3/c1-5-10-9(4)15-12(16-11(10)13)14-7-6-8(2)3/h8H,5-7H2,1-4H3,(H,14,15,16). The number of rotatable bonds is 5. The van der Waals surface area contributed by atoms with Gasteiger partial charge in [0.15, 0.2) is 0 Å². The van der Waals surface area contributed by atoms with E-state index in [4.69, 9.17) is 11.6 Å². The minimum Gasteiger partial charge on any atom is -0.354 e. The van der Waals surface area contributed by atoms with Crippen LogP contribution in [0.2, 0.25) is 5.15 Å². The number of aryl methyl sites for hydroxylation is 1. The first-order chi connectivity index (χ1) is 7.54. The Labute approximate surface area is 103 Å². The van der Waals surface area contributed by atoms with E-state index in [1.165, 1.54) is 0 Å². The van der Waals surface area contributed by atoms with Gasteiger partial charge in [0.05, 0.1) is 0 Å². The number of hydrogen-bond donors (Lipinski definition) is 1. The average molecular weight is 242 g/mol. The van der Waals surface area contributed by atoms with E-state index in [9.17, 15) is 0 Å². The summed E-state index contributed by atoms with van der Waals surface area (Å²) < 4.78 is 0. The first kappa shape index (κ1) is 13.2. The van der Waals surface area contributed by atoms with Crippen molar-refractivity contribution in [3.63, 3.8) is 0 Å². The first-order valence-electron chi connectivity index (χ1n) is 5.81. The SMILES string of the molecule is CCc1c(C)nc(NCCC(C)C)nc1Cl. The Kier molecular flexibility index (Phi) is 5.00. The van der Waals surface area contributed by atoms with Gasteiger partial charge in [0, 0.05) is 17.8 Å². The highest BCUT2D eigenvalue weighted by Gasteiger charge is 2.07. The fraction of sp³-hybridized carbons (Fsp3) is 0.667. The largest absolute Gasteiger partial charge is 0.354 e. The quantitative estimate of drug-likeness (QED) is 0.803. The summed E-state index contributed by atoms with van der Waals surface area (Å²) >= 11 is 6.09. The van der Waals surface area contributed by atoms with E-state index in [1.807, 2.05) is 6.92 Å². The van der Waals surface area contributed by atoms with E-state index in [0.29, 0.717) is 17.0 Å². The molecule has 0 saturated carbocycles. The molecule has 1 aromatic heterocycles. The average Bonchev–Trinajstić information content (AvgIpc) is 2.16. The molecule has 0 saturated heterocycles. The summed E-state index contributed by atoms with van der Waals surface area (Å²) in [4.78, 5) is 8.64. The number of aromatic nitrogens is 2. The number of anilines is 1. The molecule has 0 spiro atoms. The Morgan fingerprint density at radius 2 is 2.00 bits per heavy atom. The second-order valence-corrected chi connectivity index (χ2v) is 4.72. The maximum absolute atomic E-state index is 6.09. The fourth-order valence-electron chi connectivity index (χ4n) is 1.51. The van der Waals surface area contributed by atoms with Crippen LogP contribution in [0, 0.1) is 12.8 Å². The molecule has 16 heavy (non-hydrogen) atoms. The van der Waals surface area contributed by atoms with Gasteiger partial charge < -0.3 is 5.32 Å². The van der Waals surface area contributed by atoms with E-state index in [2.05, 4.69) is 36.1 Å². The Morgan fingerprint density at radius 3 is 2.50 bits per heavy atom. The van der Waals surface area contributed by atoms with Crippen molar-refractivity contribution in [3.8, 4) is 0 Å². The van der Waals surface area contributed by atoms with Crippen LogP contribution in [0.1, 0.15) is 38.4 Å². The van der Waals surface area contributed by atoms with Crippen molar-refractivity contribution in [2.75, 3.05) is 11.9 Å². The topological polar surface area (TPSA) is 37.8 Å². The molecule has 0 fully saturated rings. The van der Waals surface area contributed by atoms with Crippen molar-refractivity contribution in [1.29, 1.82) is 0 Å². The third-order valence-corrected chi connectivity index (χ3v) is 2.83. The molecule has 1 rings (SSSR count). The third-order valence-electron chi connectivity index (χ3n) is 2.52. The lowest BCUT2D eigenvalue weighted by atomic mass is 10.1. The van der Waals surface area contributed by atoms with Gasteiger partial charge >= 0.3 is 0 Å². The molecule has 0 unspecified atom stereocenters. The summed E-state index contributed by atoms with van der Waals surface area (Å²) in [5.74, 6) is 1.32. The zero-order valence-corrected chi connectivity index (χ0v) is 11.2. The van der Waals surface area contributed by atoms with E-state index in [-0.39, 0.29) is 0 Å². The summed E-state index contributed by atoms with van der Waals surface area (Å²) in [6, 6.07) is 0. The zero-order valence-electron chi connectivity index (χ0n) is 10.5. The summed E-state index contributed by atoms with van der Waals surface area (Å²) in [5, 5.41) is 3.77. The lowest BCUT2D eigenvalue weighted by Crippen LogP contribution is -2.09. The molecular formula is C12H20ClN3. The minimum absolute atomic E-state index is 0.571. The van der Waals surface area contributed by atoms with Gasteiger partial charge in [-0.15, -0.1) is 0 Å². The molecular weight excluding hydrogens is 222 g/mol. The van der Waals surface area contributed by atoms with E-state index in [1.54, 1.807) is 0 Å². The first-order valence-corrected chi connectivity index (χ1v) is 6.19. The molecule has 0 amide bonds. The predicted octanol–water partition coefficient (Wildman–Crippen LogP) is 3.46. The fourth-order valence-corrected chi connectivity index (χ4v) is 1.86. The molecule has 1 N–H and O–H groups in total. The Hall–Kier alpha value is -0.830. The molecule has 1 aromatic rings. The highest BCUT2D eigenvalue weighted by atomic mass is 35.5. The number of halogens is 1. The number of nitrogens with zero attached hydrogens (tertiary/aromatic N) is 2. The van der Waals surface area contributed by atoms with Crippen molar-refractivity contribution in [2.24, 2.45) is 5.92 Å². The highest BCUT2D eigenvalue weighted by molar-refractivity contribution is 6.30. The maximum atomic E-state index is 6.09. The molecule has 3 nitrogen and oxygen atoms in total. The minimum atomic E-state index is 0.571. The zero-order chi connectivity index (χ0) is 12.1. The summed E-state index contributed by atoms with van der Waals surface area (Å²) in [6.07, 6.45) is 1.98. The Morgan fingerprint density at radius 1 is 1.31 bits per heavy atom. The monoisotopic (exact) mass is 241 g/mol. The van der Waals surface area contributed by atoms with Crippen LogP contribution in [0.15, 0.2) is 0 Å². The molecule has 4 heteroatoms. The van der Waals surface area contributed by atoms with Crippen LogP contribution in [0.4, 0.5) is 5.95 Å². The number of nitrogens with one attached hydrogen (secondary N) is 1. The Bertz CT molecular complexity index is 327. The molecule has 0 aromatic carbocycles. The third kappa shape index (κ3) is 3.63. The molecule has 90 valence electrons. The van der Waals surface area contributed by atoms with Gasteiger partial charge in [0.1, 0.15) is 5.15 Å². The van der Waals surface area contributed by atoms with Gasteiger partial charge in [-0.05, 0) is 25.7 Å². The second-order valence-electron chi connectivity index (χ2n) is 4.36. The molecule has 0 bridgehead atoms. The lowest BCUT2D eigenvalue weighted by molar-refractivity contribution is 0.605. The maximum Gasteiger partial charge on any atom is 0.224 e. The molecule has 0 radical (unpaired) electrons. The van der Waals surface area contributed by atoms with Crippen LogP contribution < -0.4 is 5.32 Å². The predicted molar refractivity (Wildman–Crippen MR) is 69.1 cm³/mol. The van der Waals surface area contributed by atoms with Crippen LogP contribution in [0.25, 0.3) is 0 Å².